The number of rotatable bonds is 6. The molecule has 0 aliphatic carbocycles. The van der Waals surface area contributed by atoms with E-state index < -0.39 is 0 Å². The average Bonchev–Trinajstić information content (AvgIpc) is 2.82. The van der Waals surface area contributed by atoms with Crippen molar-refractivity contribution >= 4 is 11.6 Å². The lowest BCUT2D eigenvalue weighted by atomic mass is 10.2. The van der Waals surface area contributed by atoms with Crippen molar-refractivity contribution in [3.05, 3.63) is 58.6 Å². The van der Waals surface area contributed by atoms with E-state index in [0.29, 0.717) is 6.54 Å². The molecule has 0 fully saturated rings. The second-order valence-corrected chi connectivity index (χ2v) is 5.02. The van der Waals surface area contributed by atoms with Crippen LogP contribution in [-0.2, 0) is 13.1 Å². The van der Waals surface area contributed by atoms with Crippen molar-refractivity contribution in [1.29, 1.82) is 0 Å². The van der Waals surface area contributed by atoms with Gasteiger partial charge in [-0.25, -0.2) is 4.39 Å². The lowest BCUT2D eigenvalue weighted by Gasteiger charge is -2.04. The van der Waals surface area contributed by atoms with Crippen LogP contribution < -0.4 is 5.32 Å². The molecule has 0 radical (unpaired) electrons. The molecule has 0 spiro atoms. The van der Waals surface area contributed by atoms with Gasteiger partial charge in [0.25, 0.3) is 0 Å². The fourth-order valence-electron chi connectivity index (χ4n) is 1.95. The molecule has 102 valence electrons. The number of hydrogen-bond acceptors (Lipinski definition) is 1. The highest BCUT2D eigenvalue weighted by atomic mass is 35.5. The van der Waals surface area contributed by atoms with Gasteiger partial charge in [-0.3, -0.25) is 0 Å². The first kappa shape index (κ1) is 14.1. The zero-order valence-electron chi connectivity index (χ0n) is 11.0. The Morgan fingerprint density at radius 2 is 2.11 bits per heavy atom. The minimum Gasteiger partial charge on any atom is -0.350 e. The van der Waals surface area contributed by atoms with Gasteiger partial charge in [-0.1, -0.05) is 24.6 Å². The molecule has 0 saturated carbocycles. The average molecular weight is 281 g/mol. The largest absolute Gasteiger partial charge is 0.350 e. The van der Waals surface area contributed by atoms with Gasteiger partial charge in [0.2, 0.25) is 0 Å². The molecule has 2 aromatic rings. The van der Waals surface area contributed by atoms with Gasteiger partial charge in [0.15, 0.2) is 0 Å². The smallest absolute Gasteiger partial charge is 0.141 e. The van der Waals surface area contributed by atoms with Crippen molar-refractivity contribution in [3.8, 4) is 0 Å². The molecule has 1 heterocycles. The zero-order chi connectivity index (χ0) is 13.7. The Balaban J connectivity index is 1.97. The molecule has 2 nitrogen and oxygen atoms in total. The molecular formula is C15H18ClFN2. The number of aromatic nitrogens is 1. The fourth-order valence-corrected chi connectivity index (χ4v) is 2.15. The van der Waals surface area contributed by atoms with E-state index in [1.807, 2.05) is 6.20 Å². The summed E-state index contributed by atoms with van der Waals surface area (Å²) < 4.78 is 15.1. The maximum absolute atomic E-state index is 13.1. The minimum absolute atomic E-state index is 0.175. The number of halogens is 2. The second-order valence-electron chi connectivity index (χ2n) is 4.62. The molecule has 1 N–H and O–H groups in total. The Bertz CT molecular complexity index is 537. The van der Waals surface area contributed by atoms with Gasteiger partial charge >= 0.3 is 0 Å². The number of hydrogen-bond donors (Lipinski definition) is 1. The van der Waals surface area contributed by atoms with Crippen molar-refractivity contribution in [1.82, 2.24) is 9.88 Å². The summed E-state index contributed by atoms with van der Waals surface area (Å²) in [7, 11) is 0. The van der Waals surface area contributed by atoms with Crippen LogP contribution in [0.1, 0.15) is 24.5 Å². The summed E-state index contributed by atoms with van der Waals surface area (Å²) in [4.78, 5) is 0. The number of benzene rings is 1. The van der Waals surface area contributed by atoms with Gasteiger partial charge in [0, 0.05) is 25.5 Å². The van der Waals surface area contributed by atoms with E-state index in [1.54, 1.807) is 12.1 Å². The molecule has 0 atom stereocenters. The van der Waals surface area contributed by atoms with Crippen molar-refractivity contribution in [2.75, 3.05) is 6.54 Å². The van der Waals surface area contributed by atoms with E-state index in [9.17, 15) is 4.39 Å². The van der Waals surface area contributed by atoms with Crippen LogP contribution in [0.2, 0.25) is 5.02 Å². The monoisotopic (exact) mass is 280 g/mol. The molecule has 0 saturated heterocycles. The molecule has 19 heavy (non-hydrogen) atoms. The van der Waals surface area contributed by atoms with Crippen LogP contribution >= 0.6 is 11.6 Å². The Morgan fingerprint density at radius 3 is 2.84 bits per heavy atom. The highest BCUT2D eigenvalue weighted by molar-refractivity contribution is 6.30. The first-order valence-corrected chi connectivity index (χ1v) is 6.86. The third kappa shape index (κ3) is 4.08. The third-order valence-corrected chi connectivity index (χ3v) is 3.21. The van der Waals surface area contributed by atoms with Crippen molar-refractivity contribution in [2.24, 2.45) is 0 Å². The van der Waals surface area contributed by atoms with E-state index in [2.05, 4.69) is 29.1 Å². The molecule has 0 amide bonds. The van der Waals surface area contributed by atoms with E-state index in [-0.39, 0.29) is 10.8 Å². The molecule has 1 aromatic carbocycles. The molecule has 0 unspecified atom stereocenters. The SMILES string of the molecule is CCCNCc1ccn(Cc2ccc(F)c(Cl)c2)c1. The number of nitrogens with zero attached hydrogens (tertiary/aromatic N) is 1. The third-order valence-electron chi connectivity index (χ3n) is 2.92. The summed E-state index contributed by atoms with van der Waals surface area (Å²) in [5.74, 6) is -0.373. The molecule has 1 aromatic heterocycles. The topological polar surface area (TPSA) is 17.0 Å². The van der Waals surface area contributed by atoms with Crippen molar-refractivity contribution in [3.63, 3.8) is 0 Å². The van der Waals surface area contributed by atoms with Crippen LogP contribution in [0.15, 0.2) is 36.7 Å². The maximum atomic E-state index is 13.1. The molecule has 0 bridgehead atoms. The lowest BCUT2D eigenvalue weighted by Crippen LogP contribution is -2.13. The van der Waals surface area contributed by atoms with Crippen LogP contribution in [0.4, 0.5) is 4.39 Å². The number of nitrogens with one attached hydrogen (secondary N) is 1. The first-order chi connectivity index (χ1) is 9.19. The van der Waals surface area contributed by atoms with Crippen LogP contribution in [0, 0.1) is 5.82 Å². The van der Waals surface area contributed by atoms with E-state index in [1.165, 1.54) is 11.6 Å². The van der Waals surface area contributed by atoms with E-state index in [0.717, 1.165) is 25.1 Å². The normalized spacial score (nSPS) is 10.9. The summed E-state index contributed by atoms with van der Waals surface area (Å²) in [5.41, 5.74) is 2.25. The molecule has 2 rings (SSSR count). The molecule has 0 aliphatic rings. The summed E-state index contributed by atoms with van der Waals surface area (Å²) in [6.07, 6.45) is 5.26. The second kappa shape index (κ2) is 6.73. The predicted molar refractivity (Wildman–Crippen MR) is 76.9 cm³/mol. The molecular weight excluding hydrogens is 263 g/mol. The van der Waals surface area contributed by atoms with Gasteiger partial charge in [0.1, 0.15) is 5.82 Å². The summed E-state index contributed by atoms with van der Waals surface area (Å²) in [6, 6.07) is 6.93. The Hall–Kier alpha value is -1.32. The Morgan fingerprint density at radius 1 is 1.26 bits per heavy atom. The van der Waals surface area contributed by atoms with Gasteiger partial charge in [-0.15, -0.1) is 0 Å². The quantitative estimate of drug-likeness (QED) is 0.796. The van der Waals surface area contributed by atoms with Crippen molar-refractivity contribution in [2.45, 2.75) is 26.4 Å². The van der Waals surface area contributed by atoms with Gasteiger partial charge in [-0.05, 0) is 42.3 Å². The van der Waals surface area contributed by atoms with Gasteiger partial charge in [0.05, 0.1) is 5.02 Å². The Kier molecular flexibility index (Phi) is 5.00. The van der Waals surface area contributed by atoms with Crippen LogP contribution in [-0.4, -0.2) is 11.1 Å². The van der Waals surface area contributed by atoms with Gasteiger partial charge < -0.3 is 9.88 Å². The van der Waals surface area contributed by atoms with E-state index in [4.69, 9.17) is 11.6 Å². The van der Waals surface area contributed by atoms with Gasteiger partial charge in [-0.2, -0.15) is 0 Å². The summed E-state index contributed by atoms with van der Waals surface area (Å²) in [6.45, 7) is 4.76. The maximum Gasteiger partial charge on any atom is 0.141 e. The lowest BCUT2D eigenvalue weighted by molar-refractivity contribution is 0.626. The van der Waals surface area contributed by atoms with Crippen LogP contribution in [0.3, 0.4) is 0 Å². The zero-order valence-corrected chi connectivity index (χ0v) is 11.8. The first-order valence-electron chi connectivity index (χ1n) is 6.48. The summed E-state index contributed by atoms with van der Waals surface area (Å²) in [5, 5.41) is 3.54. The fraction of sp³-hybridized carbons (Fsp3) is 0.333. The predicted octanol–water partition coefficient (Wildman–Crippen LogP) is 3.83. The summed E-state index contributed by atoms with van der Waals surface area (Å²) >= 11 is 5.78. The minimum atomic E-state index is -0.373. The highest BCUT2D eigenvalue weighted by Gasteiger charge is 2.02. The van der Waals surface area contributed by atoms with Crippen LogP contribution in [0.5, 0.6) is 0 Å². The molecule has 0 aliphatic heterocycles. The molecule has 4 heteroatoms. The van der Waals surface area contributed by atoms with E-state index >= 15 is 0 Å². The Labute approximate surface area is 118 Å². The highest BCUT2D eigenvalue weighted by Crippen LogP contribution is 2.17. The van der Waals surface area contributed by atoms with Crippen molar-refractivity contribution < 1.29 is 4.39 Å². The van der Waals surface area contributed by atoms with Crippen LogP contribution in [0.25, 0.3) is 0 Å². The standard InChI is InChI=1S/C15H18ClFN2/c1-2-6-18-9-13-5-7-19(11-13)10-12-3-4-15(17)14(16)8-12/h3-5,7-8,11,18H,2,6,9-10H2,1H3.